The van der Waals surface area contributed by atoms with Gasteiger partial charge in [-0.1, -0.05) is 12.1 Å². The molecule has 0 spiro atoms. The summed E-state index contributed by atoms with van der Waals surface area (Å²) >= 11 is 1.78. The number of aliphatic hydroxyl groups is 1. The lowest BCUT2D eigenvalue weighted by Gasteiger charge is -2.19. The third-order valence-electron chi connectivity index (χ3n) is 4.24. The van der Waals surface area contributed by atoms with Crippen molar-refractivity contribution in [1.82, 2.24) is 15.5 Å². The molecule has 1 aromatic carbocycles. The van der Waals surface area contributed by atoms with Crippen LogP contribution in [0.5, 0.6) is 0 Å². The topological polar surface area (TPSA) is 77.0 Å². The number of amides is 1. The van der Waals surface area contributed by atoms with Crippen molar-refractivity contribution >= 4 is 23.6 Å². The summed E-state index contributed by atoms with van der Waals surface area (Å²) in [7, 11) is 3.51. The van der Waals surface area contributed by atoms with Crippen molar-refractivity contribution < 1.29 is 9.90 Å². The lowest BCUT2D eigenvalue weighted by molar-refractivity contribution is 0.0778. The lowest BCUT2D eigenvalue weighted by Crippen LogP contribution is -2.40. The van der Waals surface area contributed by atoms with Crippen LogP contribution in [0.25, 0.3) is 0 Å². The first-order valence-corrected chi connectivity index (χ1v) is 10.2. The molecular weight excluding hydrogens is 348 g/mol. The van der Waals surface area contributed by atoms with Crippen LogP contribution in [0.4, 0.5) is 0 Å². The number of hydrogen-bond acceptors (Lipinski definition) is 4. The van der Waals surface area contributed by atoms with Gasteiger partial charge in [0.15, 0.2) is 5.96 Å². The van der Waals surface area contributed by atoms with Crippen molar-refractivity contribution in [3.05, 3.63) is 35.4 Å². The van der Waals surface area contributed by atoms with E-state index in [-0.39, 0.29) is 5.91 Å². The van der Waals surface area contributed by atoms with Gasteiger partial charge in [-0.3, -0.25) is 9.79 Å². The minimum Gasteiger partial charge on any atom is -0.387 e. The lowest BCUT2D eigenvalue weighted by atomic mass is 10.0. The average molecular weight is 379 g/mol. The van der Waals surface area contributed by atoms with Gasteiger partial charge >= 0.3 is 0 Å². The Labute approximate surface area is 160 Å². The number of hydrogen-bond donors (Lipinski definition) is 3. The zero-order chi connectivity index (χ0) is 19.0. The Morgan fingerprint density at radius 3 is 2.85 bits per heavy atom. The zero-order valence-electron chi connectivity index (χ0n) is 15.9. The molecule has 2 rings (SSSR count). The van der Waals surface area contributed by atoms with Crippen molar-refractivity contribution in [2.45, 2.75) is 25.4 Å². The molecule has 1 unspecified atom stereocenters. The first-order chi connectivity index (χ1) is 12.4. The van der Waals surface area contributed by atoms with Gasteiger partial charge in [-0.2, -0.15) is 11.8 Å². The Kier molecular flexibility index (Phi) is 7.78. The Balaban J connectivity index is 1.89. The molecule has 1 amide bonds. The van der Waals surface area contributed by atoms with Gasteiger partial charge < -0.3 is 20.6 Å². The van der Waals surface area contributed by atoms with E-state index in [2.05, 4.69) is 15.6 Å². The fraction of sp³-hybridized carbons (Fsp3) is 0.579. The van der Waals surface area contributed by atoms with Gasteiger partial charge in [-0.25, -0.2) is 0 Å². The van der Waals surface area contributed by atoms with Crippen molar-refractivity contribution in [2.75, 3.05) is 45.2 Å². The van der Waals surface area contributed by atoms with Crippen molar-refractivity contribution in [1.29, 1.82) is 0 Å². The van der Waals surface area contributed by atoms with Crippen molar-refractivity contribution in [3.8, 4) is 0 Å². The number of aliphatic imine (C=N–C) groups is 1. The van der Waals surface area contributed by atoms with E-state index in [9.17, 15) is 9.90 Å². The summed E-state index contributed by atoms with van der Waals surface area (Å²) < 4.78 is 0. The van der Waals surface area contributed by atoms with Crippen LogP contribution in [0.3, 0.4) is 0 Å². The molecule has 1 fully saturated rings. The first kappa shape index (κ1) is 20.6. The van der Waals surface area contributed by atoms with Crippen LogP contribution in [0.15, 0.2) is 29.3 Å². The smallest absolute Gasteiger partial charge is 0.253 e. The SMILES string of the molecule is CCNC(=NCC1(O)CCSC1)NCCc1cccc(C(=O)N(C)C)c1. The van der Waals surface area contributed by atoms with E-state index < -0.39 is 5.60 Å². The highest BCUT2D eigenvalue weighted by Gasteiger charge is 2.31. The molecule has 1 saturated heterocycles. The molecule has 3 N–H and O–H groups in total. The van der Waals surface area contributed by atoms with E-state index >= 15 is 0 Å². The van der Waals surface area contributed by atoms with Crippen LogP contribution in [0.2, 0.25) is 0 Å². The summed E-state index contributed by atoms with van der Waals surface area (Å²) in [5.41, 5.74) is 1.13. The van der Waals surface area contributed by atoms with Crippen LogP contribution in [0, 0.1) is 0 Å². The van der Waals surface area contributed by atoms with Crippen LogP contribution in [-0.4, -0.2) is 72.7 Å². The number of rotatable bonds is 7. The highest BCUT2D eigenvalue weighted by Crippen LogP contribution is 2.27. The average Bonchev–Trinajstić information content (AvgIpc) is 3.06. The molecule has 7 heteroatoms. The van der Waals surface area contributed by atoms with E-state index in [0.29, 0.717) is 18.7 Å². The molecule has 144 valence electrons. The summed E-state index contributed by atoms with van der Waals surface area (Å²) in [4.78, 5) is 18.2. The molecule has 1 aliphatic heterocycles. The van der Waals surface area contributed by atoms with Gasteiger partial charge in [-0.15, -0.1) is 0 Å². The Bertz CT molecular complexity index is 628. The van der Waals surface area contributed by atoms with Crippen molar-refractivity contribution in [2.24, 2.45) is 4.99 Å². The van der Waals surface area contributed by atoms with Gasteiger partial charge in [-0.05, 0) is 43.2 Å². The summed E-state index contributed by atoms with van der Waals surface area (Å²) in [6.07, 6.45) is 1.59. The predicted octanol–water partition coefficient (Wildman–Crippen LogP) is 1.35. The van der Waals surface area contributed by atoms with Crippen LogP contribution in [0.1, 0.15) is 29.3 Å². The molecule has 1 aromatic rings. The van der Waals surface area contributed by atoms with E-state index in [4.69, 9.17) is 0 Å². The maximum Gasteiger partial charge on any atom is 0.253 e. The minimum atomic E-state index is -0.673. The summed E-state index contributed by atoms with van der Waals surface area (Å²) in [5.74, 6) is 2.48. The van der Waals surface area contributed by atoms with Crippen molar-refractivity contribution in [3.63, 3.8) is 0 Å². The van der Waals surface area contributed by atoms with Crippen LogP contribution in [-0.2, 0) is 6.42 Å². The van der Waals surface area contributed by atoms with E-state index in [0.717, 1.165) is 42.4 Å². The molecular formula is C19H30N4O2S. The molecule has 26 heavy (non-hydrogen) atoms. The molecule has 0 bridgehead atoms. The largest absolute Gasteiger partial charge is 0.387 e. The highest BCUT2D eigenvalue weighted by molar-refractivity contribution is 7.99. The molecule has 1 heterocycles. The van der Waals surface area contributed by atoms with Gasteiger partial charge in [0.1, 0.15) is 0 Å². The minimum absolute atomic E-state index is 0.0115. The van der Waals surface area contributed by atoms with Gasteiger partial charge in [0, 0.05) is 38.5 Å². The summed E-state index contributed by atoms with van der Waals surface area (Å²) in [6.45, 7) is 3.92. The highest BCUT2D eigenvalue weighted by atomic mass is 32.2. The third-order valence-corrected chi connectivity index (χ3v) is 5.48. The first-order valence-electron chi connectivity index (χ1n) is 9.06. The number of nitrogens with zero attached hydrogens (tertiary/aromatic N) is 2. The van der Waals surface area contributed by atoms with E-state index in [1.165, 1.54) is 0 Å². The molecule has 0 aliphatic carbocycles. The monoisotopic (exact) mass is 378 g/mol. The number of nitrogens with one attached hydrogen (secondary N) is 2. The Morgan fingerprint density at radius 2 is 2.19 bits per heavy atom. The number of guanidine groups is 1. The molecule has 6 nitrogen and oxygen atoms in total. The second-order valence-corrected chi connectivity index (χ2v) is 7.90. The van der Waals surface area contributed by atoms with Gasteiger partial charge in [0.2, 0.25) is 0 Å². The Hall–Kier alpha value is -1.73. The fourth-order valence-electron chi connectivity index (χ4n) is 2.73. The summed E-state index contributed by atoms with van der Waals surface area (Å²) in [5, 5.41) is 16.9. The quantitative estimate of drug-likeness (QED) is 0.493. The second-order valence-electron chi connectivity index (χ2n) is 6.80. The van der Waals surface area contributed by atoms with Gasteiger partial charge in [0.25, 0.3) is 5.91 Å². The van der Waals surface area contributed by atoms with Crippen LogP contribution >= 0.6 is 11.8 Å². The van der Waals surface area contributed by atoms with E-state index in [1.807, 2.05) is 31.2 Å². The number of carbonyl (C=O) groups excluding carboxylic acids is 1. The molecule has 1 aliphatic rings. The number of carbonyl (C=O) groups is 1. The van der Waals surface area contributed by atoms with E-state index in [1.54, 1.807) is 30.8 Å². The maximum atomic E-state index is 12.1. The number of benzene rings is 1. The summed E-state index contributed by atoms with van der Waals surface area (Å²) in [6, 6.07) is 7.72. The zero-order valence-corrected chi connectivity index (χ0v) is 16.7. The molecule has 0 radical (unpaired) electrons. The number of thioether (sulfide) groups is 1. The Morgan fingerprint density at radius 1 is 1.38 bits per heavy atom. The molecule has 0 saturated carbocycles. The normalized spacial score (nSPS) is 20.1. The third kappa shape index (κ3) is 6.21. The molecule has 0 aromatic heterocycles. The second kappa shape index (κ2) is 9.83. The predicted molar refractivity (Wildman–Crippen MR) is 109 cm³/mol. The van der Waals surface area contributed by atoms with Gasteiger partial charge in [0.05, 0.1) is 12.1 Å². The van der Waals surface area contributed by atoms with Crippen LogP contribution < -0.4 is 10.6 Å². The fourth-order valence-corrected chi connectivity index (χ4v) is 4.02. The molecule has 1 atom stereocenters. The standard InChI is InChI=1S/C19H30N4O2S/c1-4-20-18(22-13-19(25)9-11-26-14-19)21-10-8-15-6-5-7-16(12-15)17(24)23(2)3/h5-7,12,25H,4,8-11,13-14H2,1-3H3,(H2,20,21,22). The maximum absolute atomic E-state index is 12.1.